The highest BCUT2D eigenvalue weighted by Gasteiger charge is 2.18. The van der Waals surface area contributed by atoms with Gasteiger partial charge in [-0.1, -0.05) is 35.9 Å². The van der Waals surface area contributed by atoms with Crippen LogP contribution in [0.5, 0.6) is 0 Å². The third-order valence-electron chi connectivity index (χ3n) is 4.73. The first-order valence-electron chi connectivity index (χ1n) is 8.80. The fourth-order valence-electron chi connectivity index (χ4n) is 3.37. The van der Waals surface area contributed by atoms with Gasteiger partial charge in [-0.05, 0) is 36.4 Å². The predicted molar refractivity (Wildman–Crippen MR) is 119 cm³/mol. The molecule has 0 radical (unpaired) electrons. The van der Waals surface area contributed by atoms with Crippen LogP contribution in [0.25, 0.3) is 10.8 Å². The number of anilines is 2. The Kier molecular flexibility index (Phi) is 6.35. The predicted octanol–water partition coefficient (Wildman–Crippen LogP) is 4.13. The lowest BCUT2D eigenvalue weighted by molar-refractivity contribution is 0.590. The number of hydrogen-bond acceptors (Lipinski definition) is 4. The number of fused-ring (bicyclic) bond motifs is 1. The molecular formula is C20H21Cl2N3O2S. The largest absolute Gasteiger partial charge is 0.368 e. The van der Waals surface area contributed by atoms with Crippen molar-refractivity contribution in [2.24, 2.45) is 0 Å². The molecule has 4 rings (SSSR count). The molecule has 8 heteroatoms. The molecule has 0 bridgehead atoms. The summed E-state index contributed by atoms with van der Waals surface area (Å²) in [5.41, 5.74) is 1.70. The molecule has 0 spiro atoms. The lowest BCUT2D eigenvalue weighted by Gasteiger charge is -2.30. The van der Waals surface area contributed by atoms with Crippen molar-refractivity contribution in [3.8, 4) is 0 Å². The van der Waals surface area contributed by atoms with Crippen molar-refractivity contribution in [2.75, 3.05) is 35.8 Å². The van der Waals surface area contributed by atoms with Crippen LogP contribution in [0.15, 0.2) is 65.6 Å². The number of piperazine rings is 1. The van der Waals surface area contributed by atoms with E-state index in [1.807, 2.05) is 36.4 Å². The maximum absolute atomic E-state index is 12.8. The van der Waals surface area contributed by atoms with Crippen LogP contribution in [0.3, 0.4) is 0 Å². The van der Waals surface area contributed by atoms with Gasteiger partial charge in [0.05, 0.1) is 10.6 Å². The van der Waals surface area contributed by atoms with Gasteiger partial charge in [0.1, 0.15) is 0 Å². The van der Waals surface area contributed by atoms with Crippen molar-refractivity contribution in [1.82, 2.24) is 5.32 Å². The normalized spacial score (nSPS) is 14.5. The summed E-state index contributed by atoms with van der Waals surface area (Å²) in [5, 5.41) is 5.77. The number of hydrogen-bond donors (Lipinski definition) is 2. The molecule has 0 amide bonds. The summed E-state index contributed by atoms with van der Waals surface area (Å²) in [4.78, 5) is 2.51. The Morgan fingerprint density at radius 2 is 1.54 bits per heavy atom. The van der Waals surface area contributed by atoms with Gasteiger partial charge in [-0.2, -0.15) is 0 Å². The van der Waals surface area contributed by atoms with Crippen LogP contribution in [0, 0.1) is 0 Å². The zero-order chi connectivity index (χ0) is 18.9. The Balaban J connectivity index is 0.00000225. The number of nitrogens with zero attached hydrogens (tertiary/aromatic N) is 1. The molecule has 28 heavy (non-hydrogen) atoms. The van der Waals surface area contributed by atoms with Gasteiger partial charge in [-0.3, -0.25) is 4.72 Å². The van der Waals surface area contributed by atoms with Crippen LogP contribution in [-0.2, 0) is 10.0 Å². The van der Waals surface area contributed by atoms with Gasteiger partial charge in [0.2, 0.25) is 0 Å². The summed E-state index contributed by atoms with van der Waals surface area (Å²) in [5.74, 6) is 0. The highest BCUT2D eigenvalue weighted by Crippen LogP contribution is 2.33. The summed E-state index contributed by atoms with van der Waals surface area (Å²) in [7, 11) is -3.69. The maximum Gasteiger partial charge on any atom is 0.261 e. The first kappa shape index (κ1) is 20.7. The summed E-state index contributed by atoms with van der Waals surface area (Å²) in [6, 6.07) is 17.9. The molecule has 0 saturated carbocycles. The van der Waals surface area contributed by atoms with E-state index in [1.54, 1.807) is 12.1 Å². The summed E-state index contributed by atoms with van der Waals surface area (Å²) >= 11 is 5.87. The highest BCUT2D eigenvalue weighted by atomic mass is 35.5. The van der Waals surface area contributed by atoms with E-state index in [0.717, 1.165) is 42.6 Å². The van der Waals surface area contributed by atoms with Crippen LogP contribution in [-0.4, -0.2) is 34.6 Å². The Morgan fingerprint density at radius 1 is 0.893 bits per heavy atom. The molecule has 1 aliphatic rings. The first-order chi connectivity index (χ1) is 13.0. The van der Waals surface area contributed by atoms with E-state index < -0.39 is 10.0 Å². The number of halogens is 2. The van der Waals surface area contributed by atoms with Crippen molar-refractivity contribution < 1.29 is 8.42 Å². The quantitative estimate of drug-likeness (QED) is 0.643. The van der Waals surface area contributed by atoms with E-state index >= 15 is 0 Å². The van der Waals surface area contributed by atoms with Crippen molar-refractivity contribution >= 4 is 56.2 Å². The number of rotatable bonds is 4. The number of sulfonamides is 1. The second-order valence-corrected chi connectivity index (χ2v) is 8.59. The van der Waals surface area contributed by atoms with Gasteiger partial charge in [-0.15, -0.1) is 12.4 Å². The minimum atomic E-state index is -3.69. The molecule has 0 aliphatic carbocycles. The fraction of sp³-hybridized carbons (Fsp3) is 0.200. The molecule has 3 aromatic rings. The first-order valence-corrected chi connectivity index (χ1v) is 10.7. The molecule has 1 fully saturated rings. The Bertz CT molecular complexity index is 1070. The molecule has 0 atom stereocenters. The van der Waals surface area contributed by atoms with Gasteiger partial charge in [0.25, 0.3) is 10.0 Å². The topological polar surface area (TPSA) is 61.4 Å². The average molecular weight is 438 g/mol. The monoisotopic (exact) mass is 437 g/mol. The Labute approximate surface area is 176 Å². The van der Waals surface area contributed by atoms with E-state index in [1.165, 1.54) is 12.1 Å². The summed E-state index contributed by atoms with van der Waals surface area (Å²) in [6.45, 7) is 3.75. The molecule has 3 aromatic carbocycles. The molecule has 1 saturated heterocycles. The van der Waals surface area contributed by atoms with E-state index in [9.17, 15) is 8.42 Å². The molecular weight excluding hydrogens is 417 g/mol. The molecule has 1 aliphatic heterocycles. The average Bonchev–Trinajstić information content (AvgIpc) is 2.69. The Hall–Kier alpha value is -1.99. The van der Waals surface area contributed by atoms with E-state index in [2.05, 4.69) is 14.9 Å². The minimum absolute atomic E-state index is 0. The van der Waals surface area contributed by atoms with Gasteiger partial charge in [0, 0.05) is 47.7 Å². The second-order valence-electron chi connectivity index (χ2n) is 6.47. The highest BCUT2D eigenvalue weighted by molar-refractivity contribution is 7.92. The van der Waals surface area contributed by atoms with Crippen molar-refractivity contribution in [3.63, 3.8) is 0 Å². The standard InChI is InChI=1S/C20H20ClN3O2S.ClH/c21-15-5-7-16(8-6-15)27(25,26)23-19-9-10-20(24-13-11-22-12-14-24)18-4-2-1-3-17(18)19;/h1-10,22-23H,11-14H2;1H. The molecule has 5 nitrogen and oxygen atoms in total. The smallest absolute Gasteiger partial charge is 0.261 e. The minimum Gasteiger partial charge on any atom is -0.368 e. The van der Waals surface area contributed by atoms with Gasteiger partial charge in [-0.25, -0.2) is 8.42 Å². The van der Waals surface area contributed by atoms with E-state index in [-0.39, 0.29) is 17.3 Å². The molecule has 0 aromatic heterocycles. The lowest BCUT2D eigenvalue weighted by atomic mass is 10.1. The van der Waals surface area contributed by atoms with Crippen molar-refractivity contribution in [3.05, 3.63) is 65.7 Å². The van der Waals surface area contributed by atoms with Crippen LogP contribution >= 0.6 is 24.0 Å². The van der Waals surface area contributed by atoms with Crippen molar-refractivity contribution in [2.45, 2.75) is 4.90 Å². The maximum atomic E-state index is 12.8. The zero-order valence-corrected chi connectivity index (χ0v) is 17.4. The Morgan fingerprint density at radius 3 is 2.21 bits per heavy atom. The van der Waals surface area contributed by atoms with Gasteiger partial charge in [0.15, 0.2) is 0 Å². The fourth-order valence-corrected chi connectivity index (χ4v) is 4.58. The molecule has 0 unspecified atom stereocenters. The summed E-state index contributed by atoms with van der Waals surface area (Å²) < 4.78 is 28.3. The number of benzene rings is 3. The van der Waals surface area contributed by atoms with Crippen LogP contribution in [0.4, 0.5) is 11.4 Å². The van der Waals surface area contributed by atoms with E-state index in [0.29, 0.717) is 10.7 Å². The van der Waals surface area contributed by atoms with Crippen LogP contribution in [0.2, 0.25) is 5.02 Å². The number of nitrogens with one attached hydrogen (secondary N) is 2. The van der Waals surface area contributed by atoms with Crippen molar-refractivity contribution in [1.29, 1.82) is 0 Å². The van der Waals surface area contributed by atoms with Crippen LogP contribution < -0.4 is 14.9 Å². The summed E-state index contributed by atoms with van der Waals surface area (Å²) in [6.07, 6.45) is 0. The molecule has 148 valence electrons. The molecule has 2 N–H and O–H groups in total. The second kappa shape index (κ2) is 8.57. The van der Waals surface area contributed by atoms with Gasteiger partial charge < -0.3 is 10.2 Å². The van der Waals surface area contributed by atoms with E-state index in [4.69, 9.17) is 11.6 Å². The SMILES string of the molecule is Cl.O=S(=O)(Nc1ccc(N2CCNCC2)c2ccccc12)c1ccc(Cl)cc1. The van der Waals surface area contributed by atoms with Crippen LogP contribution in [0.1, 0.15) is 0 Å². The molecule has 1 heterocycles. The lowest BCUT2D eigenvalue weighted by Crippen LogP contribution is -2.43. The third kappa shape index (κ3) is 4.20. The zero-order valence-electron chi connectivity index (χ0n) is 15.1. The third-order valence-corrected chi connectivity index (χ3v) is 6.36. The van der Waals surface area contributed by atoms with Gasteiger partial charge >= 0.3 is 0 Å².